The van der Waals surface area contributed by atoms with E-state index in [0.29, 0.717) is 17.3 Å². The minimum atomic E-state index is -0.0468. The molecule has 28 heavy (non-hydrogen) atoms. The molecular formula is C22H23N3O3. The fraction of sp³-hybridized carbons (Fsp3) is 0.318. The summed E-state index contributed by atoms with van der Waals surface area (Å²) in [6.45, 7) is 0.257. The van der Waals surface area contributed by atoms with Gasteiger partial charge >= 0.3 is 0 Å². The molecule has 0 unspecified atom stereocenters. The van der Waals surface area contributed by atoms with Crippen LogP contribution in [0.1, 0.15) is 40.2 Å². The number of amides is 1. The molecule has 1 heterocycles. The number of hydrogen-bond donors (Lipinski definition) is 0. The fourth-order valence-corrected chi connectivity index (χ4v) is 3.56. The molecule has 1 amide bonds. The van der Waals surface area contributed by atoms with Crippen molar-refractivity contribution in [1.82, 2.24) is 15.0 Å². The Kier molecular flexibility index (Phi) is 5.10. The molecule has 1 aliphatic carbocycles. The number of hydrogen-bond acceptors (Lipinski definition) is 5. The Labute approximate surface area is 164 Å². The van der Waals surface area contributed by atoms with Gasteiger partial charge in [-0.25, -0.2) is 0 Å². The fourth-order valence-electron chi connectivity index (χ4n) is 3.56. The Morgan fingerprint density at radius 1 is 1.14 bits per heavy atom. The summed E-state index contributed by atoms with van der Waals surface area (Å²) < 4.78 is 10.6. The summed E-state index contributed by atoms with van der Waals surface area (Å²) >= 11 is 0. The van der Waals surface area contributed by atoms with Gasteiger partial charge in [-0.15, -0.1) is 0 Å². The highest BCUT2D eigenvalue weighted by molar-refractivity contribution is 5.94. The predicted molar refractivity (Wildman–Crippen MR) is 105 cm³/mol. The number of benzene rings is 2. The van der Waals surface area contributed by atoms with Crippen LogP contribution in [0.2, 0.25) is 0 Å². The van der Waals surface area contributed by atoms with Crippen molar-refractivity contribution in [3.63, 3.8) is 0 Å². The van der Waals surface area contributed by atoms with Crippen LogP contribution in [0.3, 0.4) is 0 Å². The summed E-state index contributed by atoms with van der Waals surface area (Å²) in [4.78, 5) is 18.8. The van der Waals surface area contributed by atoms with Crippen LogP contribution < -0.4 is 4.74 Å². The third-order valence-corrected chi connectivity index (χ3v) is 5.11. The topological polar surface area (TPSA) is 68.5 Å². The highest BCUT2D eigenvalue weighted by atomic mass is 16.5. The number of fused-ring (bicyclic) bond motifs is 1. The molecular weight excluding hydrogens is 354 g/mol. The molecule has 6 heteroatoms. The lowest BCUT2D eigenvalue weighted by Crippen LogP contribution is -2.26. The van der Waals surface area contributed by atoms with E-state index < -0.39 is 0 Å². The van der Waals surface area contributed by atoms with Gasteiger partial charge in [-0.2, -0.15) is 4.98 Å². The standard InChI is InChI=1S/C22H23N3O3/c1-25(22(26)18-11-10-15-6-3-4-7-16(15)12-18)14-20-23-21(24-28-20)17-8-5-9-19(13-17)27-2/h5,8-13H,3-4,6-7,14H2,1-2H3. The SMILES string of the molecule is COc1cccc(-c2noc(CN(C)C(=O)c3ccc4c(c3)CCCC4)n2)c1. The van der Waals surface area contributed by atoms with Gasteiger partial charge < -0.3 is 14.2 Å². The number of aromatic nitrogens is 2. The van der Waals surface area contributed by atoms with Crippen LogP contribution in [0, 0.1) is 0 Å². The zero-order valence-electron chi connectivity index (χ0n) is 16.1. The lowest BCUT2D eigenvalue weighted by Gasteiger charge is -2.19. The average Bonchev–Trinajstić information content (AvgIpc) is 3.21. The Hall–Kier alpha value is -3.15. The summed E-state index contributed by atoms with van der Waals surface area (Å²) in [5.41, 5.74) is 4.17. The van der Waals surface area contributed by atoms with E-state index in [9.17, 15) is 4.79 Å². The van der Waals surface area contributed by atoms with Gasteiger partial charge in [-0.3, -0.25) is 4.79 Å². The second-order valence-corrected chi connectivity index (χ2v) is 7.10. The predicted octanol–water partition coefficient (Wildman–Crippen LogP) is 3.90. The third kappa shape index (κ3) is 3.76. The normalized spacial score (nSPS) is 13.1. The van der Waals surface area contributed by atoms with Crippen molar-refractivity contribution in [2.75, 3.05) is 14.2 Å². The first-order valence-corrected chi connectivity index (χ1v) is 9.48. The Morgan fingerprint density at radius 3 is 2.79 bits per heavy atom. The van der Waals surface area contributed by atoms with Gasteiger partial charge in [0.25, 0.3) is 5.91 Å². The van der Waals surface area contributed by atoms with Crippen molar-refractivity contribution >= 4 is 5.91 Å². The number of carbonyl (C=O) groups excluding carboxylic acids is 1. The van der Waals surface area contributed by atoms with Crippen molar-refractivity contribution in [3.8, 4) is 17.1 Å². The van der Waals surface area contributed by atoms with E-state index in [1.165, 1.54) is 24.0 Å². The number of ether oxygens (including phenoxy) is 1. The maximum atomic E-state index is 12.8. The number of aryl methyl sites for hydroxylation is 2. The minimum Gasteiger partial charge on any atom is -0.497 e. The van der Waals surface area contributed by atoms with Crippen LogP contribution in [0.5, 0.6) is 5.75 Å². The Balaban J connectivity index is 1.47. The van der Waals surface area contributed by atoms with Crippen LogP contribution in [0.4, 0.5) is 0 Å². The van der Waals surface area contributed by atoms with Gasteiger partial charge in [0.05, 0.1) is 13.7 Å². The van der Waals surface area contributed by atoms with Gasteiger partial charge in [0.2, 0.25) is 11.7 Å². The van der Waals surface area contributed by atoms with Gasteiger partial charge in [0.15, 0.2) is 0 Å². The molecule has 6 nitrogen and oxygen atoms in total. The van der Waals surface area contributed by atoms with Crippen LogP contribution >= 0.6 is 0 Å². The van der Waals surface area contributed by atoms with E-state index >= 15 is 0 Å². The highest BCUT2D eigenvalue weighted by Crippen LogP contribution is 2.24. The molecule has 0 radical (unpaired) electrons. The van der Waals surface area contributed by atoms with E-state index in [1.807, 2.05) is 36.4 Å². The first-order chi connectivity index (χ1) is 13.6. The second-order valence-electron chi connectivity index (χ2n) is 7.10. The zero-order valence-corrected chi connectivity index (χ0v) is 16.1. The summed E-state index contributed by atoms with van der Waals surface area (Å²) in [6.07, 6.45) is 4.57. The van der Waals surface area contributed by atoms with Crippen LogP contribution in [-0.2, 0) is 19.4 Å². The van der Waals surface area contributed by atoms with Crippen molar-refractivity contribution < 1.29 is 14.1 Å². The quantitative estimate of drug-likeness (QED) is 0.675. The molecule has 0 fully saturated rings. The number of nitrogens with zero attached hydrogens (tertiary/aromatic N) is 3. The molecule has 3 aromatic rings. The molecule has 0 saturated carbocycles. The van der Waals surface area contributed by atoms with E-state index in [1.54, 1.807) is 19.1 Å². The minimum absolute atomic E-state index is 0.0468. The largest absolute Gasteiger partial charge is 0.497 e. The molecule has 1 aromatic heterocycles. The molecule has 0 bridgehead atoms. The molecule has 2 aromatic carbocycles. The summed E-state index contributed by atoms with van der Waals surface area (Å²) in [6, 6.07) is 13.5. The lowest BCUT2D eigenvalue weighted by molar-refractivity contribution is 0.0769. The van der Waals surface area contributed by atoms with Crippen molar-refractivity contribution in [3.05, 3.63) is 65.0 Å². The monoisotopic (exact) mass is 377 g/mol. The maximum absolute atomic E-state index is 12.8. The Bertz CT molecular complexity index is 996. The first-order valence-electron chi connectivity index (χ1n) is 9.48. The zero-order chi connectivity index (χ0) is 19.5. The summed E-state index contributed by atoms with van der Waals surface area (Å²) in [5, 5.41) is 4.03. The van der Waals surface area contributed by atoms with Crippen LogP contribution in [-0.4, -0.2) is 35.1 Å². The van der Waals surface area contributed by atoms with Gasteiger partial charge in [0.1, 0.15) is 5.75 Å². The summed E-state index contributed by atoms with van der Waals surface area (Å²) in [5.74, 6) is 1.55. The van der Waals surface area contributed by atoms with Crippen molar-refractivity contribution in [1.29, 1.82) is 0 Å². The van der Waals surface area contributed by atoms with Crippen LogP contribution in [0.25, 0.3) is 11.4 Å². The summed E-state index contributed by atoms with van der Waals surface area (Å²) in [7, 11) is 3.36. The van der Waals surface area contributed by atoms with Crippen molar-refractivity contribution in [2.24, 2.45) is 0 Å². The molecule has 144 valence electrons. The molecule has 0 atom stereocenters. The van der Waals surface area contributed by atoms with Gasteiger partial charge in [-0.05, 0) is 61.1 Å². The van der Waals surface area contributed by atoms with E-state index in [-0.39, 0.29) is 12.5 Å². The highest BCUT2D eigenvalue weighted by Gasteiger charge is 2.18. The van der Waals surface area contributed by atoms with Crippen LogP contribution in [0.15, 0.2) is 47.0 Å². The smallest absolute Gasteiger partial charge is 0.254 e. The first kappa shape index (κ1) is 18.2. The van der Waals surface area contributed by atoms with E-state index in [0.717, 1.165) is 24.2 Å². The molecule has 4 rings (SSSR count). The lowest BCUT2D eigenvalue weighted by atomic mass is 9.90. The third-order valence-electron chi connectivity index (χ3n) is 5.11. The number of rotatable bonds is 5. The van der Waals surface area contributed by atoms with Gasteiger partial charge in [0, 0.05) is 18.2 Å². The molecule has 0 spiro atoms. The number of methoxy groups -OCH3 is 1. The van der Waals surface area contributed by atoms with Gasteiger partial charge in [-0.1, -0.05) is 23.4 Å². The second kappa shape index (κ2) is 7.84. The van der Waals surface area contributed by atoms with Crippen molar-refractivity contribution in [2.45, 2.75) is 32.2 Å². The molecule has 0 aliphatic heterocycles. The maximum Gasteiger partial charge on any atom is 0.254 e. The number of carbonyl (C=O) groups is 1. The van der Waals surface area contributed by atoms with E-state index in [4.69, 9.17) is 9.26 Å². The molecule has 0 saturated heterocycles. The molecule has 1 aliphatic rings. The van der Waals surface area contributed by atoms with E-state index in [2.05, 4.69) is 16.2 Å². The average molecular weight is 377 g/mol. The Morgan fingerprint density at radius 2 is 1.96 bits per heavy atom. The molecule has 0 N–H and O–H groups in total.